The molecule has 2 aromatic rings. The van der Waals surface area contributed by atoms with Gasteiger partial charge in [0.15, 0.2) is 10.9 Å². The summed E-state index contributed by atoms with van der Waals surface area (Å²) in [7, 11) is 0. The fourth-order valence-electron chi connectivity index (χ4n) is 1.97. The molecule has 0 aliphatic heterocycles. The minimum atomic E-state index is -0.120. The van der Waals surface area contributed by atoms with E-state index in [2.05, 4.69) is 10.1 Å². The summed E-state index contributed by atoms with van der Waals surface area (Å²) >= 11 is 1.38. The highest BCUT2D eigenvalue weighted by Crippen LogP contribution is 2.21. The van der Waals surface area contributed by atoms with Gasteiger partial charge in [0.2, 0.25) is 5.91 Å². The van der Waals surface area contributed by atoms with Gasteiger partial charge in [0.25, 0.3) is 0 Å². The van der Waals surface area contributed by atoms with Crippen LogP contribution >= 0.6 is 11.3 Å². The van der Waals surface area contributed by atoms with Gasteiger partial charge in [-0.3, -0.25) is 19.2 Å². The molecule has 23 heavy (non-hydrogen) atoms. The van der Waals surface area contributed by atoms with Crippen LogP contribution in [0.4, 0.5) is 5.13 Å². The van der Waals surface area contributed by atoms with Crippen molar-refractivity contribution < 1.29 is 9.59 Å². The van der Waals surface area contributed by atoms with E-state index in [-0.39, 0.29) is 17.7 Å². The van der Waals surface area contributed by atoms with Gasteiger partial charge < -0.3 is 0 Å². The lowest BCUT2D eigenvalue weighted by Crippen LogP contribution is -2.27. The van der Waals surface area contributed by atoms with Gasteiger partial charge in [-0.15, -0.1) is 11.3 Å². The third-order valence-electron chi connectivity index (χ3n) is 3.26. The topological polar surface area (TPSA) is 68.1 Å². The Hall–Kier alpha value is -2.28. The van der Waals surface area contributed by atoms with Gasteiger partial charge in [-0.25, -0.2) is 4.98 Å². The first-order valence-electron chi connectivity index (χ1n) is 7.42. The van der Waals surface area contributed by atoms with E-state index < -0.39 is 0 Å². The molecular formula is C16H20N4O2S. The molecule has 1 amide bonds. The van der Waals surface area contributed by atoms with Crippen LogP contribution < -0.4 is 4.90 Å². The van der Waals surface area contributed by atoms with Crippen LogP contribution in [0.1, 0.15) is 49.8 Å². The number of anilines is 1. The van der Waals surface area contributed by atoms with Crippen molar-refractivity contribution >= 4 is 34.2 Å². The SMILES string of the molecule is CCN(C(C)=O)c1nc(C=CC(=O)c2cnn(C(C)C)c2)cs1. The number of carbonyl (C=O) groups is 2. The molecule has 7 heteroatoms. The maximum absolute atomic E-state index is 12.1. The van der Waals surface area contributed by atoms with Gasteiger partial charge in [-0.05, 0) is 32.9 Å². The second kappa shape index (κ2) is 7.32. The number of nitrogens with zero attached hydrogens (tertiary/aromatic N) is 4. The summed E-state index contributed by atoms with van der Waals surface area (Å²) < 4.78 is 1.74. The standard InChI is InChI=1S/C16H20N4O2S/c1-5-19(12(4)21)16-18-14(10-23-16)6-7-15(22)13-8-17-20(9-13)11(2)3/h6-11H,5H2,1-4H3. The molecule has 0 atom stereocenters. The average molecular weight is 332 g/mol. The summed E-state index contributed by atoms with van der Waals surface area (Å²) in [5, 5.41) is 6.61. The van der Waals surface area contributed by atoms with Gasteiger partial charge in [-0.1, -0.05) is 0 Å². The Morgan fingerprint density at radius 3 is 2.74 bits per heavy atom. The van der Waals surface area contributed by atoms with Crippen molar-refractivity contribution in [3.05, 3.63) is 35.1 Å². The zero-order chi connectivity index (χ0) is 17.0. The molecule has 0 radical (unpaired) electrons. The Morgan fingerprint density at radius 2 is 2.17 bits per heavy atom. The Labute approximate surface area is 139 Å². The van der Waals surface area contributed by atoms with E-state index in [1.54, 1.807) is 28.1 Å². The molecule has 6 nitrogen and oxygen atoms in total. The minimum absolute atomic E-state index is 0.0467. The number of hydrogen-bond donors (Lipinski definition) is 0. The molecule has 0 spiro atoms. The third-order valence-corrected chi connectivity index (χ3v) is 4.14. The van der Waals surface area contributed by atoms with Crippen molar-refractivity contribution in [2.75, 3.05) is 11.4 Å². The molecule has 0 aliphatic carbocycles. The van der Waals surface area contributed by atoms with Crippen LogP contribution in [0.5, 0.6) is 0 Å². The molecule has 0 aliphatic rings. The quantitative estimate of drug-likeness (QED) is 0.602. The molecule has 0 saturated heterocycles. The van der Waals surface area contributed by atoms with E-state index in [1.807, 2.05) is 26.2 Å². The maximum Gasteiger partial charge on any atom is 0.225 e. The second-order valence-corrected chi connectivity index (χ2v) is 6.16. The van der Waals surface area contributed by atoms with E-state index >= 15 is 0 Å². The van der Waals surface area contributed by atoms with Crippen LogP contribution in [0.2, 0.25) is 0 Å². The summed E-state index contributed by atoms with van der Waals surface area (Å²) in [4.78, 5) is 29.6. The molecule has 0 aromatic carbocycles. The maximum atomic E-state index is 12.1. The number of allylic oxidation sites excluding steroid dienone is 1. The highest BCUT2D eigenvalue weighted by molar-refractivity contribution is 7.14. The van der Waals surface area contributed by atoms with Crippen molar-refractivity contribution in [2.45, 2.75) is 33.7 Å². The lowest BCUT2D eigenvalue weighted by atomic mass is 10.2. The first-order valence-corrected chi connectivity index (χ1v) is 8.30. The number of aromatic nitrogens is 3. The van der Waals surface area contributed by atoms with Crippen LogP contribution in [0.3, 0.4) is 0 Å². The normalized spacial score (nSPS) is 11.3. The summed E-state index contributed by atoms with van der Waals surface area (Å²) in [6.45, 7) is 7.98. The van der Waals surface area contributed by atoms with Crippen LogP contribution in [0.25, 0.3) is 6.08 Å². The summed E-state index contributed by atoms with van der Waals surface area (Å²) in [6, 6.07) is 0.216. The molecule has 2 aromatic heterocycles. The van der Waals surface area contributed by atoms with Gasteiger partial charge in [-0.2, -0.15) is 5.10 Å². The largest absolute Gasteiger partial charge is 0.289 e. The predicted octanol–water partition coefficient (Wildman–Crippen LogP) is 3.19. The smallest absolute Gasteiger partial charge is 0.225 e. The highest BCUT2D eigenvalue weighted by Gasteiger charge is 2.13. The molecule has 0 fully saturated rings. The monoisotopic (exact) mass is 332 g/mol. The lowest BCUT2D eigenvalue weighted by Gasteiger charge is -2.14. The summed E-state index contributed by atoms with van der Waals surface area (Å²) in [5.41, 5.74) is 1.21. The molecule has 2 rings (SSSR count). The number of rotatable bonds is 6. The third kappa shape index (κ3) is 4.13. The van der Waals surface area contributed by atoms with Crippen LogP contribution in [0.15, 0.2) is 23.8 Å². The average Bonchev–Trinajstić information content (AvgIpc) is 3.14. The summed E-state index contributed by atoms with van der Waals surface area (Å²) in [5.74, 6) is -0.167. The number of carbonyl (C=O) groups excluding carboxylic acids is 2. The number of ketones is 1. The molecular weight excluding hydrogens is 312 g/mol. The predicted molar refractivity (Wildman–Crippen MR) is 91.8 cm³/mol. The van der Waals surface area contributed by atoms with Crippen LogP contribution in [0, 0.1) is 0 Å². The molecule has 2 heterocycles. The van der Waals surface area contributed by atoms with Crippen molar-refractivity contribution in [1.82, 2.24) is 14.8 Å². The lowest BCUT2D eigenvalue weighted by molar-refractivity contribution is -0.116. The minimum Gasteiger partial charge on any atom is -0.289 e. The number of hydrogen-bond acceptors (Lipinski definition) is 5. The van der Waals surface area contributed by atoms with Gasteiger partial charge in [0, 0.05) is 31.1 Å². The van der Waals surface area contributed by atoms with Crippen molar-refractivity contribution in [2.24, 2.45) is 0 Å². The molecule has 0 bridgehead atoms. The van der Waals surface area contributed by atoms with Gasteiger partial charge in [0.05, 0.1) is 17.5 Å². The van der Waals surface area contributed by atoms with Crippen LogP contribution in [-0.4, -0.2) is 33.0 Å². The first-order chi connectivity index (χ1) is 10.9. The van der Waals surface area contributed by atoms with E-state index in [4.69, 9.17) is 0 Å². The van der Waals surface area contributed by atoms with Crippen molar-refractivity contribution in [1.29, 1.82) is 0 Å². The zero-order valence-corrected chi connectivity index (χ0v) is 14.5. The fraction of sp³-hybridized carbons (Fsp3) is 0.375. The van der Waals surface area contributed by atoms with E-state index in [1.165, 1.54) is 24.3 Å². The Bertz CT molecular complexity index is 730. The van der Waals surface area contributed by atoms with E-state index in [0.717, 1.165) is 0 Å². The molecule has 0 unspecified atom stereocenters. The fourth-order valence-corrected chi connectivity index (χ4v) is 2.87. The zero-order valence-electron chi connectivity index (χ0n) is 13.7. The van der Waals surface area contributed by atoms with E-state index in [9.17, 15) is 9.59 Å². The Morgan fingerprint density at radius 1 is 1.43 bits per heavy atom. The molecule has 0 saturated carbocycles. The molecule has 0 N–H and O–H groups in total. The summed E-state index contributed by atoms with van der Waals surface area (Å²) in [6.07, 6.45) is 6.43. The number of amides is 1. The van der Waals surface area contributed by atoms with Crippen LogP contribution in [-0.2, 0) is 4.79 Å². The first kappa shape index (κ1) is 17.1. The Kier molecular flexibility index (Phi) is 5.44. The van der Waals surface area contributed by atoms with E-state index in [0.29, 0.717) is 22.9 Å². The molecule has 122 valence electrons. The van der Waals surface area contributed by atoms with Gasteiger partial charge >= 0.3 is 0 Å². The number of thiazole rings is 1. The Balaban J connectivity index is 2.09. The highest BCUT2D eigenvalue weighted by atomic mass is 32.1. The van der Waals surface area contributed by atoms with Crippen molar-refractivity contribution in [3.8, 4) is 0 Å². The van der Waals surface area contributed by atoms with Gasteiger partial charge in [0.1, 0.15) is 0 Å². The second-order valence-electron chi connectivity index (χ2n) is 5.32. The van der Waals surface area contributed by atoms with Crippen molar-refractivity contribution in [3.63, 3.8) is 0 Å².